The summed E-state index contributed by atoms with van der Waals surface area (Å²) in [7, 11) is 1.79. The highest BCUT2D eigenvalue weighted by Gasteiger charge is 2.25. The summed E-state index contributed by atoms with van der Waals surface area (Å²) in [5, 5.41) is 6.70. The summed E-state index contributed by atoms with van der Waals surface area (Å²) in [6.07, 6.45) is 2.97. The van der Waals surface area contributed by atoms with Crippen LogP contribution < -0.4 is 10.6 Å². The molecule has 0 bridgehead atoms. The first kappa shape index (κ1) is 25.7. The third kappa shape index (κ3) is 11.0. The smallest absolute Gasteiger partial charge is 0.410 e. The van der Waals surface area contributed by atoms with E-state index in [0.29, 0.717) is 19.0 Å². The Morgan fingerprint density at radius 1 is 1.10 bits per heavy atom. The highest BCUT2D eigenvalue weighted by atomic mass is 16.6. The Kier molecular flexibility index (Phi) is 11.4. The second-order valence-electron chi connectivity index (χ2n) is 9.22. The van der Waals surface area contributed by atoms with Crippen LogP contribution >= 0.6 is 0 Å². The van der Waals surface area contributed by atoms with Crippen molar-refractivity contribution < 1.29 is 19.0 Å². The van der Waals surface area contributed by atoms with Gasteiger partial charge in [-0.2, -0.15) is 0 Å². The highest BCUT2D eigenvalue weighted by molar-refractivity contribution is 5.79. The average Bonchev–Trinajstić information content (AvgIpc) is 2.74. The maximum Gasteiger partial charge on any atom is 0.410 e. The molecule has 0 radical (unpaired) electrons. The summed E-state index contributed by atoms with van der Waals surface area (Å²) in [6.45, 7) is 14.7. The molecule has 2 aliphatic heterocycles. The molecule has 180 valence electrons. The number of hydrogen-bond donors (Lipinski definition) is 2. The van der Waals surface area contributed by atoms with Crippen molar-refractivity contribution in [2.24, 2.45) is 10.9 Å². The number of carbonyl (C=O) groups is 1. The lowest BCUT2D eigenvalue weighted by molar-refractivity contribution is 0.0147. The maximum atomic E-state index is 12.1. The molecule has 0 aromatic heterocycles. The SMILES string of the molecule is CN=C(NCCCOCC1CCOCC1)NCCN1CCN(C(=O)OC(C)(C)C)CC1. The number of aliphatic imine (C=N–C) groups is 1. The molecule has 2 saturated heterocycles. The number of ether oxygens (including phenoxy) is 3. The van der Waals surface area contributed by atoms with E-state index in [1.807, 2.05) is 20.8 Å². The molecule has 31 heavy (non-hydrogen) atoms. The normalized spacial score (nSPS) is 19.4. The van der Waals surface area contributed by atoms with E-state index >= 15 is 0 Å². The quantitative estimate of drug-likeness (QED) is 0.319. The number of nitrogens with one attached hydrogen (secondary N) is 2. The molecule has 0 unspecified atom stereocenters. The van der Waals surface area contributed by atoms with Crippen molar-refractivity contribution >= 4 is 12.1 Å². The zero-order valence-corrected chi connectivity index (χ0v) is 20.0. The van der Waals surface area contributed by atoms with Crippen LogP contribution in [0.1, 0.15) is 40.0 Å². The van der Waals surface area contributed by atoms with Gasteiger partial charge >= 0.3 is 6.09 Å². The molecular formula is C22H43N5O4. The van der Waals surface area contributed by atoms with Crippen LogP contribution in [0.5, 0.6) is 0 Å². The number of piperazine rings is 1. The number of guanidine groups is 1. The van der Waals surface area contributed by atoms with Crippen molar-refractivity contribution in [1.29, 1.82) is 0 Å². The standard InChI is InChI=1S/C22H43N5O4/c1-22(2,3)31-21(28)27-13-11-26(12-14-27)10-9-25-20(23-4)24-8-5-15-30-18-19-6-16-29-17-7-19/h19H,5-18H2,1-4H3,(H2,23,24,25). The molecule has 2 heterocycles. The van der Waals surface area contributed by atoms with Crippen LogP contribution in [-0.2, 0) is 14.2 Å². The van der Waals surface area contributed by atoms with Crippen molar-refractivity contribution in [2.45, 2.75) is 45.6 Å². The molecule has 2 fully saturated rings. The Morgan fingerprint density at radius 3 is 2.42 bits per heavy atom. The number of nitrogens with zero attached hydrogens (tertiary/aromatic N) is 3. The van der Waals surface area contributed by atoms with E-state index in [0.717, 1.165) is 84.4 Å². The van der Waals surface area contributed by atoms with Gasteiger partial charge in [0.2, 0.25) is 0 Å². The Labute approximate surface area is 187 Å². The van der Waals surface area contributed by atoms with Gasteiger partial charge in [0, 0.05) is 79.3 Å². The fraction of sp³-hybridized carbons (Fsp3) is 0.909. The molecule has 1 amide bonds. The molecule has 0 aliphatic carbocycles. The van der Waals surface area contributed by atoms with E-state index in [9.17, 15) is 4.79 Å². The van der Waals surface area contributed by atoms with Crippen molar-refractivity contribution in [3.8, 4) is 0 Å². The van der Waals surface area contributed by atoms with Crippen LogP contribution in [-0.4, -0.2) is 107 Å². The number of hydrogen-bond acceptors (Lipinski definition) is 6. The van der Waals surface area contributed by atoms with Crippen LogP contribution in [0.3, 0.4) is 0 Å². The summed E-state index contributed by atoms with van der Waals surface area (Å²) in [5.41, 5.74) is -0.446. The number of amides is 1. The molecule has 9 heteroatoms. The van der Waals surface area contributed by atoms with Crippen LogP contribution in [0.25, 0.3) is 0 Å². The van der Waals surface area contributed by atoms with Crippen LogP contribution in [0.2, 0.25) is 0 Å². The molecule has 0 saturated carbocycles. The summed E-state index contributed by atoms with van der Waals surface area (Å²) in [6, 6.07) is 0. The highest BCUT2D eigenvalue weighted by Crippen LogP contribution is 2.14. The van der Waals surface area contributed by atoms with Gasteiger partial charge in [0.15, 0.2) is 5.96 Å². The van der Waals surface area contributed by atoms with E-state index in [1.54, 1.807) is 11.9 Å². The van der Waals surface area contributed by atoms with Gasteiger partial charge < -0.3 is 29.7 Å². The summed E-state index contributed by atoms with van der Waals surface area (Å²) < 4.78 is 16.6. The fourth-order valence-electron chi connectivity index (χ4n) is 3.58. The third-order valence-electron chi connectivity index (χ3n) is 5.42. The average molecular weight is 442 g/mol. The lowest BCUT2D eigenvalue weighted by atomic mass is 10.0. The second-order valence-corrected chi connectivity index (χ2v) is 9.22. The first-order valence-electron chi connectivity index (χ1n) is 11.7. The monoisotopic (exact) mass is 441 g/mol. The van der Waals surface area contributed by atoms with Crippen LogP contribution in [0.4, 0.5) is 4.79 Å². The molecule has 9 nitrogen and oxygen atoms in total. The van der Waals surface area contributed by atoms with Gasteiger partial charge in [-0.15, -0.1) is 0 Å². The zero-order chi connectivity index (χ0) is 22.5. The zero-order valence-electron chi connectivity index (χ0n) is 20.0. The van der Waals surface area contributed by atoms with Gasteiger partial charge in [0.25, 0.3) is 0 Å². The first-order chi connectivity index (χ1) is 14.9. The van der Waals surface area contributed by atoms with Gasteiger partial charge in [0.1, 0.15) is 5.60 Å². The Hall–Kier alpha value is -1.58. The Morgan fingerprint density at radius 2 is 1.77 bits per heavy atom. The predicted octanol–water partition coefficient (Wildman–Crippen LogP) is 1.54. The minimum Gasteiger partial charge on any atom is -0.444 e. The summed E-state index contributed by atoms with van der Waals surface area (Å²) in [4.78, 5) is 20.6. The number of rotatable bonds is 9. The maximum absolute atomic E-state index is 12.1. The minimum absolute atomic E-state index is 0.216. The van der Waals surface area contributed by atoms with Crippen molar-refractivity contribution in [2.75, 3.05) is 79.3 Å². The van der Waals surface area contributed by atoms with E-state index in [2.05, 4.69) is 20.5 Å². The summed E-state index contributed by atoms with van der Waals surface area (Å²) >= 11 is 0. The predicted molar refractivity (Wildman–Crippen MR) is 123 cm³/mol. The molecule has 0 atom stereocenters. The van der Waals surface area contributed by atoms with Gasteiger partial charge in [-0.3, -0.25) is 9.89 Å². The molecular weight excluding hydrogens is 398 g/mol. The van der Waals surface area contributed by atoms with Crippen molar-refractivity contribution in [3.63, 3.8) is 0 Å². The molecule has 0 spiro atoms. The van der Waals surface area contributed by atoms with Gasteiger partial charge in [-0.05, 0) is 46.0 Å². The molecule has 2 N–H and O–H groups in total. The third-order valence-corrected chi connectivity index (χ3v) is 5.42. The van der Waals surface area contributed by atoms with E-state index in [1.165, 1.54) is 0 Å². The van der Waals surface area contributed by atoms with E-state index < -0.39 is 5.60 Å². The van der Waals surface area contributed by atoms with Crippen LogP contribution in [0, 0.1) is 5.92 Å². The van der Waals surface area contributed by atoms with Crippen LogP contribution in [0.15, 0.2) is 4.99 Å². The van der Waals surface area contributed by atoms with E-state index in [-0.39, 0.29) is 6.09 Å². The summed E-state index contributed by atoms with van der Waals surface area (Å²) in [5.74, 6) is 1.47. The lowest BCUT2D eigenvalue weighted by Gasteiger charge is -2.35. The molecule has 2 rings (SSSR count). The van der Waals surface area contributed by atoms with E-state index in [4.69, 9.17) is 14.2 Å². The van der Waals surface area contributed by atoms with Gasteiger partial charge in [-0.25, -0.2) is 4.79 Å². The largest absolute Gasteiger partial charge is 0.444 e. The topological polar surface area (TPSA) is 87.7 Å². The second kappa shape index (κ2) is 13.8. The molecule has 0 aromatic rings. The van der Waals surface area contributed by atoms with Gasteiger partial charge in [0.05, 0.1) is 0 Å². The first-order valence-corrected chi connectivity index (χ1v) is 11.7. The Bertz CT molecular complexity index is 539. The number of carbonyl (C=O) groups excluding carboxylic acids is 1. The van der Waals surface area contributed by atoms with Gasteiger partial charge in [-0.1, -0.05) is 0 Å². The molecule has 2 aliphatic rings. The minimum atomic E-state index is -0.446. The van der Waals surface area contributed by atoms with Crippen molar-refractivity contribution in [3.05, 3.63) is 0 Å². The van der Waals surface area contributed by atoms with Crippen molar-refractivity contribution in [1.82, 2.24) is 20.4 Å². The fourth-order valence-corrected chi connectivity index (χ4v) is 3.58. The Balaban J connectivity index is 1.48. The lowest BCUT2D eigenvalue weighted by Crippen LogP contribution is -2.51. The molecule has 0 aromatic carbocycles.